The molecule has 1 aliphatic carbocycles. The molecule has 0 spiro atoms. The molecule has 0 aliphatic heterocycles. The number of carbonyl (C=O) groups is 1. The lowest BCUT2D eigenvalue weighted by atomic mass is 9.89. The first-order valence-electron chi connectivity index (χ1n) is 10.4. The number of anilines is 3. The summed E-state index contributed by atoms with van der Waals surface area (Å²) in [6.07, 6.45) is 11.4. The molecule has 0 saturated heterocycles. The molecule has 0 unspecified atom stereocenters. The van der Waals surface area contributed by atoms with Crippen molar-refractivity contribution in [2.45, 2.75) is 38.5 Å². The van der Waals surface area contributed by atoms with Gasteiger partial charge in [0.1, 0.15) is 17.7 Å². The van der Waals surface area contributed by atoms with Gasteiger partial charge in [0.15, 0.2) is 11.5 Å². The van der Waals surface area contributed by atoms with Gasteiger partial charge in [-0.25, -0.2) is 15.0 Å². The molecule has 1 aliphatic rings. The largest absolute Gasteiger partial charge is 0.384 e. The van der Waals surface area contributed by atoms with Crippen LogP contribution in [0.2, 0.25) is 0 Å². The van der Waals surface area contributed by atoms with Crippen molar-refractivity contribution in [3.63, 3.8) is 0 Å². The average Bonchev–Trinajstić information content (AvgIpc) is 2.74. The van der Waals surface area contributed by atoms with Crippen molar-refractivity contribution in [2.24, 2.45) is 5.92 Å². The van der Waals surface area contributed by atoms with Crippen LogP contribution in [0.4, 0.5) is 17.3 Å². The molecule has 0 bridgehead atoms. The molecule has 0 amide bonds. The van der Waals surface area contributed by atoms with Crippen LogP contribution < -0.4 is 10.6 Å². The summed E-state index contributed by atoms with van der Waals surface area (Å²) in [5.74, 6) is 1.94. The summed E-state index contributed by atoms with van der Waals surface area (Å²) < 4.78 is 0. The molecule has 2 aromatic heterocycles. The highest BCUT2D eigenvalue weighted by Gasteiger charge is 2.16. The van der Waals surface area contributed by atoms with Crippen LogP contribution in [0.1, 0.15) is 43.4 Å². The zero-order valence-electron chi connectivity index (χ0n) is 17.7. The summed E-state index contributed by atoms with van der Waals surface area (Å²) in [5.41, 5.74) is 2.08. The molecule has 1 saturated carbocycles. The first-order chi connectivity index (χ1) is 14.5. The maximum atomic E-state index is 12.4. The number of Topliss-reactive ketones (excluding diaryl/α,β-unsaturated/α-hetero) is 1. The van der Waals surface area contributed by atoms with Crippen molar-refractivity contribution in [3.05, 3.63) is 35.9 Å². The van der Waals surface area contributed by atoms with E-state index in [-0.39, 0.29) is 11.5 Å². The van der Waals surface area contributed by atoms with E-state index in [0.29, 0.717) is 30.5 Å². The van der Waals surface area contributed by atoms with E-state index in [2.05, 4.69) is 25.6 Å². The lowest BCUT2D eigenvalue weighted by Gasteiger charge is -2.23. The number of pyridine rings is 1. The van der Waals surface area contributed by atoms with Crippen LogP contribution in [-0.2, 0) is 11.2 Å². The Kier molecular flexibility index (Phi) is 7.69. The predicted octanol–water partition coefficient (Wildman–Crippen LogP) is 3.15. The highest BCUT2D eigenvalue weighted by atomic mass is 16.1. The summed E-state index contributed by atoms with van der Waals surface area (Å²) >= 11 is 0. The molecule has 8 nitrogen and oxygen atoms in total. The third-order valence-corrected chi connectivity index (χ3v) is 5.20. The minimum absolute atomic E-state index is 0.154. The average molecular weight is 408 g/mol. The number of carbonyl (C=O) groups excluding carboxylic acids is 1. The molecule has 158 valence electrons. The van der Waals surface area contributed by atoms with E-state index in [1.807, 2.05) is 31.1 Å². The molecule has 0 atom stereocenters. The van der Waals surface area contributed by atoms with Crippen LogP contribution >= 0.6 is 0 Å². The Balaban J connectivity index is 1.75. The molecule has 2 N–H and O–H groups in total. The van der Waals surface area contributed by atoms with Crippen LogP contribution in [0.3, 0.4) is 0 Å². The fourth-order valence-electron chi connectivity index (χ4n) is 3.71. The first kappa shape index (κ1) is 21.7. The molecule has 3 rings (SSSR count). The van der Waals surface area contributed by atoms with Gasteiger partial charge in [-0.2, -0.15) is 5.26 Å². The van der Waals surface area contributed by atoms with Crippen molar-refractivity contribution in [2.75, 3.05) is 37.8 Å². The standard InChI is InChI=1S/C22H29N7O/c1-29(2)15-19(30)8-17-12-26-21(28-22-14-24-18(10-23)13-27-22)9-20(17)25-11-16-6-4-3-5-7-16/h9,12-14,16H,3-8,11,15H2,1-2H3,(H2,25,26,27,28). The van der Waals surface area contributed by atoms with Crippen molar-refractivity contribution in [1.82, 2.24) is 19.9 Å². The molecule has 1 fully saturated rings. The van der Waals surface area contributed by atoms with E-state index in [1.165, 1.54) is 44.5 Å². The van der Waals surface area contributed by atoms with Gasteiger partial charge >= 0.3 is 0 Å². The number of rotatable bonds is 9. The zero-order valence-corrected chi connectivity index (χ0v) is 17.7. The second-order valence-electron chi connectivity index (χ2n) is 8.09. The van der Waals surface area contributed by atoms with E-state index < -0.39 is 0 Å². The van der Waals surface area contributed by atoms with E-state index in [9.17, 15) is 4.79 Å². The van der Waals surface area contributed by atoms with E-state index in [4.69, 9.17) is 5.26 Å². The summed E-state index contributed by atoms with van der Waals surface area (Å²) in [6.45, 7) is 1.30. The van der Waals surface area contributed by atoms with E-state index in [1.54, 1.807) is 6.20 Å². The smallest absolute Gasteiger partial charge is 0.158 e. The molecular formula is C22H29N7O. The Bertz CT molecular complexity index is 883. The number of nitriles is 1. The Hall–Kier alpha value is -3.05. The summed E-state index contributed by atoms with van der Waals surface area (Å²) in [6, 6.07) is 3.87. The number of nitrogens with one attached hydrogen (secondary N) is 2. The predicted molar refractivity (Wildman–Crippen MR) is 117 cm³/mol. The Labute approximate surface area is 177 Å². The summed E-state index contributed by atoms with van der Waals surface area (Å²) in [5, 5.41) is 15.5. The third kappa shape index (κ3) is 6.49. The number of nitrogens with zero attached hydrogens (tertiary/aromatic N) is 5. The van der Waals surface area contributed by atoms with Gasteiger partial charge in [0.2, 0.25) is 0 Å². The zero-order chi connectivity index (χ0) is 21.3. The van der Waals surface area contributed by atoms with Crippen LogP contribution in [0.25, 0.3) is 0 Å². The van der Waals surface area contributed by atoms with Crippen LogP contribution in [-0.4, -0.2) is 52.8 Å². The minimum atomic E-state index is 0.154. The number of likely N-dealkylation sites (N-methyl/N-ethyl adjacent to an activating group) is 1. The Morgan fingerprint density at radius 1 is 1.13 bits per heavy atom. The Morgan fingerprint density at radius 3 is 2.57 bits per heavy atom. The molecule has 8 heteroatoms. The lowest BCUT2D eigenvalue weighted by molar-refractivity contribution is -0.119. The van der Waals surface area contributed by atoms with Gasteiger partial charge in [-0.15, -0.1) is 0 Å². The number of hydrogen-bond donors (Lipinski definition) is 2. The van der Waals surface area contributed by atoms with E-state index >= 15 is 0 Å². The van der Waals surface area contributed by atoms with Crippen LogP contribution in [0.5, 0.6) is 0 Å². The molecular weight excluding hydrogens is 378 g/mol. The Morgan fingerprint density at radius 2 is 1.90 bits per heavy atom. The fraction of sp³-hybridized carbons (Fsp3) is 0.500. The summed E-state index contributed by atoms with van der Waals surface area (Å²) in [4.78, 5) is 26.9. The van der Waals surface area contributed by atoms with Crippen molar-refractivity contribution >= 4 is 23.1 Å². The van der Waals surface area contributed by atoms with Gasteiger partial charge in [-0.05, 0) is 32.9 Å². The quantitative estimate of drug-likeness (QED) is 0.653. The second-order valence-corrected chi connectivity index (χ2v) is 8.09. The van der Waals surface area contributed by atoms with Crippen molar-refractivity contribution in [3.8, 4) is 6.07 Å². The minimum Gasteiger partial charge on any atom is -0.384 e. The van der Waals surface area contributed by atoms with Crippen molar-refractivity contribution < 1.29 is 4.79 Å². The lowest BCUT2D eigenvalue weighted by Crippen LogP contribution is -2.24. The normalized spacial score (nSPS) is 14.3. The molecule has 2 heterocycles. The first-order valence-corrected chi connectivity index (χ1v) is 10.4. The van der Waals surface area contributed by atoms with Crippen LogP contribution in [0.15, 0.2) is 24.7 Å². The maximum absolute atomic E-state index is 12.4. The maximum Gasteiger partial charge on any atom is 0.158 e. The van der Waals surface area contributed by atoms with Gasteiger partial charge in [0, 0.05) is 36.5 Å². The highest BCUT2D eigenvalue weighted by Crippen LogP contribution is 2.26. The van der Waals surface area contributed by atoms with Gasteiger partial charge in [-0.3, -0.25) is 4.79 Å². The topological polar surface area (TPSA) is 107 Å². The van der Waals surface area contributed by atoms with Gasteiger partial charge in [0.25, 0.3) is 0 Å². The number of ketones is 1. The van der Waals surface area contributed by atoms with Crippen LogP contribution in [0, 0.1) is 17.2 Å². The number of hydrogen-bond acceptors (Lipinski definition) is 8. The third-order valence-electron chi connectivity index (χ3n) is 5.20. The van der Waals surface area contributed by atoms with Gasteiger partial charge in [0.05, 0.1) is 18.9 Å². The van der Waals surface area contributed by atoms with Gasteiger partial charge < -0.3 is 15.5 Å². The number of aromatic nitrogens is 3. The summed E-state index contributed by atoms with van der Waals surface area (Å²) in [7, 11) is 3.79. The fourth-order valence-corrected chi connectivity index (χ4v) is 3.71. The second kappa shape index (κ2) is 10.6. The van der Waals surface area contributed by atoms with Crippen molar-refractivity contribution in [1.29, 1.82) is 5.26 Å². The van der Waals surface area contributed by atoms with Gasteiger partial charge in [-0.1, -0.05) is 19.3 Å². The molecule has 30 heavy (non-hydrogen) atoms. The SMILES string of the molecule is CN(C)CC(=O)Cc1cnc(Nc2cnc(C#N)cn2)cc1NCC1CCCCC1. The highest BCUT2D eigenvalue weighted by molar-refractivity contribution is 5.84. The van der Waals surface area contributed by atoms with E-state index in [0.717, 1.165) is 17.8 Å². The molecule has 0 radical (unpaired) electrons. The monoisotopic (exact) mass is 407 g/mol. The molecule has 2 aromatic rings. The molecule has 0 aromatic carbocycles.